The predicted molar refractivity (Wildman–Crippen MR) is 119 cm³/mol. The van der Waals surface area contributed by atoms with Crippen molar-refractivity contribution in [1.29, 1.82) is 0 Å². The van der Waals surface area contributed by atoms with Crippen molar-refractivity contribution in [3.8, 4) is 0 Å². The van der Waals surface area contributed by atoms with E-state index in [4.69, 9.17) is 16.3 Å². The lowest BCUT2D eigenvalue weighted by Crippen LogP contribution is -2.38. The van der Waals surface area contributed by atoms with Crippen LogP contribution in [-0.2, 0) is 28.5 Å². The summed E-state index contributed by atoms with van der Waals surface area (Å²) in [7, 11) is 3.72. The van der Waals surface area contributed by atoms with Crippen molar-refractivity contribution in [1.82, 2.24) is 9.80 Å². The van der Waals surface area contributed by atoms with Crippen LogP contribution in [0.4, 0.5) is 30.7 Å². The molecule has 1 amide bonds. The summed E-state index contributed by atoms with van der Waals surface area (Å²) in [4.78, 5) is 15.7. The summed E-state index contributed by atoms with van der Waals surface area (Å²) in [5.41, 5.74) is -2.93. The van der Waals surface area contributed by atoms with Crippen molar-refractivity contribution in [3.63, 3.8) is 0 Å². The SMILES string of the molecule is CN(C)C1CC(=O)N2CC(OCc3cc(C(F)(F)F)cc(C(F)(F)F)c3)CC12.Fc1cccc(Cl)c1. The molecular weight excluding hydrogens is 517 g/mol. The maximum Gasteiger partial charge on any atom is 0.416 e. The van der Waals surface area contributed by atoms with E-state index in [1.54, 1.807) is 17.0 Å². The number of nitrogens with zero attached hydrogens (tertiary/aromatic N) is 2. The van der Waals surface area contributed by atoms with Crippen LogP contribution in [0, 0.1) is 5.82 Å². The van der Waals surface area contributed by atoms with Gasteiger partial charge >= 0.3 is 12.4 Å². The maximum absolute atomic E-state index is 12.9. The number of hydrogen-bond acceptors (Lipinski definition) is 3. The van der Waals surface area contributed by atoms with Gasteiger partial charge in [-0.05, 0) is 62.5 Å². The molecule has 2 aromatic rings. The molecule has 12 heteroatoms. The van der Waals surface area contributed by atoms with E-state index < -0.39 is 29.6 Å². The molecule has 2 heterocycles. The molecule has 0 aliphatic carbocycles. The second-order valence-electron chi connectivity index (χ2n) is 8.87. The van der Waals surface area contributed by atoms with Crippen LogP contribution in [0.1, 0.15) is 29.5 Å². The fourth-order valence-electron chi connectivity index (χ4n) is 4.33. The first kappa shape index (κ1) is 28.2. The molecule has 3 unspecified atom stereocenters. The van der Waals surface area contributed by atoms with Gasteiger partial charge in [0, 0.05) is 24.0 Å². The number of halogens is 8. The highest BCUT2D eigenvalue weighted by molar-refractivity contribution is 6.30. The molecule has 0 spiro atoms. The lowest BCUT2D eigenvalue weighted by atomic mass is 10.0. The first-order chi connectivity index (χ1) is 16.6. The summed E-state index contributed by atoms with van der Waals surface area (Å²) >= 11 is 5.40. The minimum Gasteiger partial charge on any atom is -0.372 e. The molecule has 2 saturated heterocycles. The number of hydrogen-bond donors (Lipinski definition) is 0. The highest BCUT2D eigenvalue weighted by Crippen LogP contribution is 2.37. The van der Waals surface area contributed by atoms with Gasteiger partial charge in [0.1, 0.15) is 5.82 Å². The van der Waals surface area contributed by atoms with Gasteiger partial charge in [-0.25, -0.2) is 4.39 Å². The van der Waals surface area contributed by atoms with Crippen molar-refractivity contribution in [2.75, 3.05) is 20.6 Å². The molecule has 3 atom stereocenters. The van der Waals surface area contributed by atoms with Crippen molar-refractivity contribution in [2.45, 2.75) is 50.0 Å². The molecule has 0 N–H and O–H groups in total. The molecular formula is C24H24ClF7N2O2. The summed E-state index contributed by atoms with van der Waals surface area (Å²) in [5, 5.41) is 0.435. The van der Waals surface area contributed by atoms with Crippen LogP contribution in [0.15, 0.2) is 42.5 Å². The number of likely N-dealkylation sites (N-methyl/N-ethyl adjacent to an activating group) is 1. The molecule has 0 radical (unpaired) electrons. The average Bonchev–Trinajstić information content (AvgIpc) is 3.31. The molecule has 2 aliphatic heterocycles. The van der Waals surface area contributed by atoms with Gasteiger partial charge in [-0.2, -0.15) is 26.3 Å². The summed E-state index contributed by atoms with van der Waals surface area (Å²) in [6.45, 7) is -0.0992. The number of carbonyl (C=O) groups is 1. The van der Waals surface area contributed by atoms with Gasteiger partial charge in [0.2, 0.25) is 5.91 Å². The Morgan fingerprint density at radius 2 is 1.64 bits per heavy atom. The summed E-state index contributed by atoms with van der Waals surface area (Å²) in [6.07, 6.45) is -9.32. The Morgan fingerprint density at radius 3 is 2.11 bits per heavy atom. The minimum absolute atomic E-state index is 0.0199. The van der Waals surface area contributed by atoms with Crippen molar-refractivity contribution in [3.05, 3.63) is 70.0 Å². The lowest BCUT2D eigenvalue weighted by molar-refractivity contribution is -0.143. The fourth-order valence-corrected chi connectivity index (χ4v) is 4.51. The Hall–Kier alpha value is -2.37. The van der Waals surface area contributed by atoms with Gasteiger partial charge in [0.25, 0.3) is 0 Å². The molecule has 0 bridgehead atoms. The molecule has 4 rings (SSSR count). The molecule has 0 aromatic heterocycles. The van der Waals surface area contributed by atoms with Crippen LogP contribution in [-0.4, -0.2) is 54.5 Å². The zero-order valence-electron chi connectivity index (χ0n) is 19.3. The highest BCUT2D eigenvalue weighted by atomic mass is 35.5. The van der Waals surface area contributed by atoms with Gasteiger partial charge in [-0.1, -0.05) is 17.7 Å². The number of benzene rings is 2. The van der Waals surface area contributed by atoms with E-state index in [1.807, 2.05) is 19.0 Å². The predicted octanol–water partition coefficient (Wildman–Crippen LogP) is 6.02. The highest BCUT2D eigenvalue weighted by Gasteiger charge is 2.47. The molecule has 4 nitrogen and oxygen atoms in total. The number of carbonyl (C=O) groups excluding carboxylic acids is 1. The van der Waals surface area contributed by atoms with Crippen LogP contribution >= 0.6 is 11.6 Å². The number of amides is 1. The quantitative estimate of drug-likeness (QED) is 0.445. The maximum atomic E-state index is 12.9. The topological polar surface area (TPSA) is 32.8 Å². The number of ether oxygens (including phenoxy) is 1. The zero-order chi connectivity index (χ0) is 26.8. The summed E-state index contributed by atoms with van der Waals surface area (Å²) < 4.78 is 95.3. The van der Waals surface area contributed by atoms with Crippen molar-refractivity contribution < 1.29 is 40.3 Å². The Morgan fingerprint density at radius 1 is 1.03 bits per heavy atom. The van der Waals surface area contributed by atoms with E-state index in [0.717, 1.165) is 0 Å². The lowest BCUT2D eigenvalue weighted by Gasteiger charge is -2.25. The third-order valence-electron chi connectivity index (χ3n) is 6.04. The Bertz CT molecular complexity index is 1030. The largest absolute Gasteiger partial charge is 0.416 e. The van der Waals surface area contributed by atoms with Crippen LogP contribution < -0.4 is 0 Å². The standard InChI is InChI=1S/C18H20F6N2O2.C6H4ClF/c1-25(2)14-7-16(27)26-8-13(6-15(14)26)28-9-10-3-11(17(19,20)21)5-12(4-10)18(22,23)24;7-5-2-1-3-6(8)4-5/h3-5,13-15H,6-9H2,1-2H3;1-4H. The first-order valence-corrected chi connectivity index (χ1v) is 11.3. The third-order valence-corrected chi connectivity index (χ3v) is 6.27. The summed E-state index contributed by atoms with van der Waals surface area (Å²) in [6, 6.07) is 7.20. The van der Waals surface area contributed by atoms with E-state index in [0.29, 0.717) is 36.5 Å². The van der Waals surface area contributed by atoms with Crippen LogP contribution in [0.3, 0.4) is 0 Å². The van der Waals surface area contributed by atoms with E-state index in [2.05, 4.69) is 0 Å². The Labute approximate surface area is 208 Å². The first-order valence-electron chi connectivity index (χ1n) is 10.9. The van der Waals surface area contributed by atoms with E-state index in [9.17, 15) is 35.5 Å². The monoisotopic (exact) mass is 540 g/mol. The zero-order valence-corrected chi connectivity index (χ0v) is 20.1. The third kappa shape index (κ3) is 7.10. The molecule has 36 heavy (non-hydrogen) atoms. The van der Waals surface area contributed by atoms with E-state index in [1.165, 1.54) is 12.1 Å². The van der Waals surface area contributed by atoms with Gasteiger partial charge in [-0.3, -0.25) is 4.79 Å². The molecule has 2 aromatic carbocycles. The normalized spacial score (nSPS) is 22.0. The van der Waals surface area contributed by atoms with Gasteiger partial charge < -0.3 is 14.5 Å². The van der Waals surface area contributed by atoms with Crippen LogP contribution in [0.2, 0.25) is 5.02 Å². The summed E-state index contributed by atoms with van der Waals surface area (Å²) in [5.74, 6) is -0.314. The molecule has 198 valence electrons. The number of fused-ring (bicyclic) bond motifs is 1. The molecule has 2 fully saturated rings. The number of alkyl halides is 6. The fraction of sp³-hybridized carbons (Fsp3) is 0.458. The van der Waals surface area contributed by atoms with Gasteiger partial charge in [0.15, 0.2) is 0 Å². The molecule has 0 saturated carbocycles. The minimum atomic E-state index is -4.89. The Kier molecular flexibility index (Phi) is 8.57. The van der Waals surface area contributed by atoms with Crippen molar-refractivity contribution in [2.24, 2.45) is 0 Å². The van der Waals surface area contributed by atoms with E-state index >= 15 is 0 Å². The van der Waals surface area contributed by atoms with Crippen LogP contribution in [0.25, 0.3) is 0 Å². The average molecular weight is 541 g/mol. The van der Waals surface area contributed by atoms with Crippen LogP contribution in [0.5, 0.6) is 0 Å². The van der Waals surface area contributed by atoms with Gasteiger partial charge in [-0.15, -0.1) is 0 Å². The van der Waals surface area contributed by atoms with Crippen molar-refractivity contribution >= 4 is 17.5 Å². The number of rotatable bonds is 4. The smallest absolute Gasteiger partial charge is 0.372 e. The second-order valence-corrected chi connectivity index (χ2v) is 9.31. The molecule has 2 aliphatic rings. The van der Waals surface area contributed by atoms with Gasteiger partial charge in [0.05, 0.1) is 29.9 Å². The second kappa shape index (κ2) is 10.9. The van der Waals surface area contributed by atoms with E-state index in [-0.39, 0.29) is 42.0 Å². The Balaban J connectivity index is 0.000000383.